The molecule has 2 atom stereocenters. The molecule has 1 aliphatic rings. The number of aromatic nitrogens is 1. The van der Waals surface area contributed by atoms with E-state index in [1.165, 1.54) is 35.2 Å². The summed E-state index contributed by atoms with van der Waals surface area (Å²) in [6.45, 7) is 5.68. The first-order valence-corrected chi connectivity index (χ1v) is 7.99. The Hall–Kier alpha value is -0.0600. The van der Waals surface area contributed by atoms with Gasteiger partial charge in [0, 0.05) is 23.4 Å². The molecule has 1 aliphatic heterocycles. The third kappa shape index (κ3) is 2.60. The van der Waals surface area contributed by atoms with Crippen molar-refractivity contribution in [3.05, 3.63) is 16.1 Å². The molecule has 0 radical (unpaired) electrons. The van der Waals surface area contributed by atoms with Crippen molar-refractivity contribution in [1.29, 1.82) is 0 Å². The molecular weight excluding hydrogens is 236 g/mol. The number of rotatable bonds is 3. The second-order valence-electron chi connectivity index (χ2n) is 4.49. The van der Waals surface area contributed by atoms with Crippen LogP contribution in [0, 0.1) is 0 Å². The predicted molar refractivity (Wildman–Crippen MR) is 73.5 cm³/mol. The Bertz CT molecular complexity index is 338. The Labute approximate surface area is 106 Å². The van der Waals surface area contributed by atoms with E-state index in [1.807, 2.05) is 11.3 Å². The third-order valence-electron chi connectivity index (χ3n) is 3.34. The highest BCUT2D eigenvalue weighted by atomic mass is 32.2. The first-order valence-electron chi connectivity index (χ1n) is 5.95. The van der Waals surface area contributed by atoms with Crippen LogP contribution in [0.2, 0.25) is 0 Å². The second kappa shape index (κ2) is 5.52. The summed E-state index contributed by atoms with van der Waals surface area (Å²) in [4.78, 5) is 7.26. The molecule has 0 spiro atoms. The maximum absolute atomic E-state index is 4.82. The van der Waals surface area contributed by atoms with Gasteiger partial charge < -0.3 is 0 Å². The molecule has 2 unspecified atom stereocenters. The first kappa shape index (κ1) is 12.4. The lowest BCUT2D eigenvalue weighted by molar-refractivity contribution is 0.273. The van der Waals surface area contributed by atoms with Gasteiger partial charge in [0.15, 0.2) is 0 Å². The van der Waals surface area contributed by atoms with E-state index in [1.54, 1.807) is 0 Å². The molecule has 0 N–H and O–H groups in total. The summed E-state index contributed by atoms with van der Waals surface area (Å²) in [7, 11) is 2.22. The van der Waals surface area contributed by atoms with Crippen molar-refractivity contribution in [2.24, 2.45) is 0 Å². The van der Waals surface area contributed by atoms with Crippen molar-refractivity contribution in [1.82, 2.24) is 9.88 Å². The number of hydrogen-bond donors (Lipinski definition) is 0. The van der Waals surface area contributed by atoms with Gasteiger partial charge in [0.25, 0.3) is 0 Å². The average molecular weight is 256 g/mol. The zero-order chi connectivity index (χ0) is 11.5. The van der Waals surface area contributed by atoms with E-state index in [4.69, 9.17) is 4.98 Å². The largest absolute Gasteiger partial charge is 0.296 e. The summed E-state index contributed by atoms with van der Waals surface area (Å²) in [5.41, 5.74) is 1.28. The molecule has 0 aliphatic carbocycles. The Morgan fingerprint density at radius 3 is 3.12 bits per heavy atom. The van der Waals surface area contributed by atoms with Gasteiger partial charge >= 0.3 is 0 Å². The minimum absolute atomic E-state index is 0.543. The molecule has 0 saturated carbocycles. The molecule has 16 heavy (non-hydrogen) atoms. The van der Waals surface area contributed by atoms with E-state index < -0.39 is 0 Å². The molecule has 0 amide bonds. The van der Waals surface area contributed by atoms with Gasteiger partial charge in [-0.1, -0.05) is 13.8 Å². The highest BCUT2D eigenvalue weighted by molar-refractivity contribution is 7.99. The highest BCUT2D eigenvalue weighted by Crippen LogP contribution is 2.32. The maximum atomic E-state index is 4.82. The van der Waals surface area contributed by atoms with Crippen LogP contribution in [0.15, 0.2) is 5.38 Å². The maximum Gasteiger partial charge on any atom is 0.111 e. The van der Waals surface area contributed by atoms with Gasteiger partial charge in [0.2, 0.25) is 0 Å². The molecule has 1 fully saturated rings. The van der Waals surface area contributed by atoms with Gasteiger partial charge in [-0.2, -0.15) is 11.8 Å². The standard InChI is InChI=1S/C12H20N2S2/c1-4-9(2)10-7-16-12(13-10)11-8-15-6-5-14(11)3/h7,9,11H,4-6,8H2,1-3H3. The average Bonchev–Trinajstić information content (AvgIpc) is 2.78. The third-order valence-corrected chi connectivity index (χ3v) is 5.33. The van der Waals surface area contributed by atoms with Crippen molar-refractivity contribution in [2.75, 3.05) is 25.1 Å². The molecule has 1 aromatic heterocycles. The second-order valence-corrected chi connectivity index (χ2v) is 6.53. The van der Waals surface area contributed by atoms with Crippen LogP contribution in [0.5, 0.6) is 0 Å². The van der Waals surface area contributed by atoms with Crippen LogP contribution >= 0.6 is 23.1 Å². The Morgan fingerprint density at radius 2 is 2.44 bits per heavy atom. The molecule has 0 aromatic carbocycles. The molecule has 1 saturated heterocycles. The van der Waals surface area contributed by atoms with Crippen LogP contribution in [0.3, 0.4) is 0 Å². The van der Waals surface area contributed by atoms with E-state index in [9.17, 15) is 0 Å². The SMILES string of the molecule is CCC(C)c1csc(C2CSCCN2C)n1. The Balaban J connectivity index is 2.11. The lowest BCUT2D eigenvalue weighted by Crippen LogP contribution is -2.32. The van der Waals surface area contributed by atoms with Crippen molar-refractivity contribution < 1.29 is 0 Å². The molecule has 2 nitrogen and oxygen atoms in total. The molecule has 1 aromatic rings. The van der Waals surface area contributed by atoms with E-state index in [-0.39, 0.29) is 0 Å². The normalized spacial score (nSPS) is 24.6. The fourth-order valence-electron chi connectivity index (χ4n) is 1.84. The van der Waals surface area contributed by atoms with Crippen molar-refractivity contribution in [2.45, 2.75) is 32.2 Å². The summed E-state index contributed by atoms with van der Waals surface area (Å²) >= 11 is 3.89. The van der Waals surface area contributed by atoms with Gasteiger partial charge in [0.1, 0.15) is 5.01 Å². The summed E-state index contributed by atoms with van der Waals surface area (Å²) < 4.78 is 0. The van der Waals surface area contributed by atoms with E-state index in [2.05, 4.69) is 42.9 Å². The number of nitrogens with zero attached hydrogens (tertiary/aromatic N) is 2. The van der Waals surface area contributed by atoms with Crippen LogP contribution in [0.4, 0.5) is 0 Å². The fraction of sp³-hybridized carbons (Fsp3) is 0.750. The quantitative estimate of drug-likeness (QED) is 0.825. The Kier molecular flexibility index (Phi) is 4.27. The van der Waals surface area contributed by atoms with Crippen LogP contribution in [0.1, 0.15) is 42.9 Å². The molecule has 0 bridgehead atoms. The zero-order valence-electron chi connectivity index (χ0n) is 10.3. The summed E-state index contributed by atoms with van der Waals surface area (Å²) in [5.74, 6) is 3.06. The van der Waals surface area contributed by atoms with Crippen molar-refractivity contribution >= 4 is 23.1 Å². The zero-order valence-corrected chi connectivity index (χ0v) is 11.9. The van der Waals surface area contributed by atoms with Crippen LogP contribution < -0.4 is 0 Å². The molecule has 90 valence electrons. The topological polar surface area (TPSA) is 16.1 Å². The number of thioether (sulfide) groups is 1. The minimum atomic E-state index is 0.543. The predicted octanol–water partition coefficient (Wildman–Crippen LogP) is 3.38. The van der Waals surface area contributed by atoms with Crippen molar-refractivity contribution in [3.8, 4) is 0 Å². The van der Waals surface area contributed by atoms with E-state index >= 15 is 0 Å². The lowest BCUT2D eigenvalue weighted by Gasteiger charge is -2.30. The molecule has 2 heterocycles. The fourth-order valence-corrected chi connectivity index (χ4v) is 4.27. The number of hydrogen-bond acceptors (Lipinski definition) is 4. The highest BCUT2D eigenvalue weighted by Gasteiger charge is 2.24. The van der Waals surface area contributed by atoms with Gasteiger partial charge in [-0.3, -0.25) is 4.90 Å². The first-order chi connectivity index (χ1) is 7.72. The summed E-state index contributed by atoms with van der Waals surface area (Å²) in [6.07, 6.45) is 1.18. The van der Waals surface area contributed by atoms with E-state index in [0.717, 1.165) is 0 Å². The number of thiazole rings is 1. The van der Waals surface area contributed by atoms with Gasteiger partial charge in [-0.15, -0.1) is 11.3 Å². The minimum Gasteiger partial charge on any atom is -0.296 e. The van der Waals surface area contributed by atoms with E-state index in [0.29, 0.717) is 12.0 Å². The molecule has 2 rings (SSSR count). The summed E-state index contributed by atoms with van der Waals surface area (Å²) in [5, 5.41) is 3.56. The van der Waals surface area contributed by atoms with Crippen LogP contribution in [-0.2, 0) is 0 Å². The van der Waals surface area contributed by atoms with Crippen LogP contribution in [0.25, 0.3) is 0 Å². The monoisotopic (exact) mass is 256 g/mol. The van der Waals surface area contributed by atoms with Crippen molar-refractivity contribution in [3.63, 3.8) is 0 Å². The Morgan fingerprint density at radius 1 is 1.62 bits per heavy atom. The summed E-state index contributed by atoms with van der Waals surface area (Å²) in [6, 6.07) is 0.543. The molecule has 4 heteroatoms. The lowest BCUT2D eigenvalue weighted by atomic mass is 10.1. The van der Waals surface area contributed by atoms with Crippen LogP contribution in [-0.4, -0.2) is 35.0 Å². The smallest absolute Gasteiger partial charge is 0.111 e. The van der Waals surface area contributed by atoms with Gasteiger partial charge in [-0.25, -0.2) is 4.98 Å². The van der Waals surface area contributed by atoms with Gasteiger partial charge in [-0.05, 0) is 19.4 Å². The molecular formula is C12H20N2S2. The van der Waals surface area contributed by atoms with Gasteiger partial charge in [0.05, 0.1) is 11.7 Å².